The Hall–Kier alpha value is -2.51. The number of aromatic nitrogens is 2. The van der Waals surface area contributed by atoms with E-state index in [4.69, 9.17) is 4.74 Å². The molecule has 1 N–H and O–H groups in total. The Morgan fingerprint density at radius 3 is 2.50 bits per heavy atom. The lowest BCUT2D eigenvalue weighted by Gasteiger charge is -2.32. The van der Waals surface area contributed by atoms with Gasteiger partial charge in [-0.1, -0.05) is 12.1 Å². The molecule has 0 aliphatic carbocycles. The molecule has 1 fully saturated rings. The molecule has 1 aromatic carbocycles. The van der Waals surface area contributed by atoms with E-state index in [1.807, 2.05) is 20.8 Å². The van der Waals surface area contributed by atoms with Gasteiger partial charge < -0.3 is 14.6 Å². The van der Waals surface area contributed by atoms with Gasteiger partial charge >= 0.3 is 12.3 Å². The minimum Gasteiger partial charge on any atom is -0.444 e. The molecule has 1 aliphatic heterocycles. The van der Waals surface area contributed by atoms with Gasteiger partial charge in [0.2, 0.25) is 0 Å². The first-order valence-corrected chi connectivity index (χ1v) is 9.24. The SMILES string of the molecule is CC(C)(C)OC(=O)N1CCC(c2nc(-c3cccc(C(F)(F)F)c3)c[nH]2)CC1. The van der Waals surface area contributed by atoms with Crippen molar-refractivity contribution in [1.29, 1.82) is 0 Å². The van der Waals surface area contributed by atoms with Gasteiger partial charge in [0.1, 0.15) is 11.4 Å². The Morgan fingerprint density at radius 1 is 1.21 bits per heavy atom. The highest BCUT2D eigenvalue weighted by molar-refractivity contribution is 5.68. The van der Waals surface area contributed by atoms with Crippen LogP contribution in [0, 0.1) is 0 Å². The minimum atomic E-state index is -4.39. The Morgan fingerprint density at radius 2 is 1.89 bits per heavy atom. The maximum absolute atomic E-state index is 12.9. The van der Waals surface area contributed by atoms with Crippen LogP contribution in [0.15, 0.2) is 30.5 Å². The van der Waals surface area contributed by atoms with Crippen molar-refractivity contribution in [3.63, 3.8) is 0 Å². The van der Waals surface area contributed by atoms with E-state index in [9.17, 15) is 18.0 Å². The van der Waals surface area contributed by atoms with Gasteiger partial charge in [-0.2, -0.15) is 13.2 Å². The number of rotatable bonds is 2. The summed E-state index contributed by atoms with van der Waals surface area (Å²) in [5.41, 5.74) is -0.325. The van der Waals surface area contributed by atoms with Gasteiger partial charge in [0, 0.05) is 30.8 Å². The third-order valence-corrected chi connectivity index (χ3v) is 4.62. The molecule has 1 aliphatic rings. The fourth-order valence-corrected chi connectivity index (χ4v) is 3.21. The summed E-state index contributed by atoms with van der Waals surface area (Å²) >= 11 is 0. The molecule has 8 heteroatoms. The Kier molecular flexibility index (Phi) is 5.41. The highest BCUT2D eigenvalue weighted by Crippen LogP contribution is 2.33. The summed E-state index contributed by atoms with van der Waals surface area (Å²) in [6.45, 7) is 6.60. The smallest absolute Gasteiger partial charge is 0.416 e. The number of likely N-dealkylation sites (tertiary alicyclic amines) is 1. The number of hydrogen-bond acceptors (Lipinski definition) is 3. The summed E-state index contributed by atoms with van der Waals surface area (Å²) in [7, 11) is 0. The van der Waals surface area contributed by atoms with Gasteiger partial charge in [-0.15, -0.1) is 0 Å². The van der Waals surface area contributed by atoms with E-state index in [-0.39, 0.29) is 12.0 Å². The van der Waals surface area contributed by atoms with Gasteiger partial charge in [-0.25, -0.2) is 9.78 Å². The summed E-state index contributed by atoms with van der Waals surface area (Å²) in [4.78, 5) is 21.4. The van der Waals surface area contributed by atoms with Crippen molar-refractivity contribution in [2.24, 2.45) is 0 Å². The highest BCUT2D eigenvalue weighted by Gasteiger charge is 2.31. The van der Waals surface area contributed by atoms with Crippen LogP contribution in [0.3, 0.4) is 0 Å². The second kappa shape index (κ2) is 7.48. The second-order valence-corrected chi connectivity index (χ2v) is 7.99. The first-order chi connectivity index (χ1) is 13.0. The average molecular weight is 395 g/mol. The fraction of sp³-hybridized carbons (Fsp3) is 0.500. The highest BCUT2D eigenvalue weighted by atomic mass is 19.4. The van der Waals surface area contributed by atoms with Crippen LogP contribution in [0.4, 0.5) is 18.0 Å². The van der Waals surface area contributed by atoms with Crippen LogP contribution >= 0.6 is 0 Å². The molecule has 28 heavy (non-hydrogen) atoms. The number of amides is 1. The number of piperidine rings is 1. The minimum absolute atomic E-state index is 0.123. The normalized spacial score (nSPS) is 16.3. The molecule has 2 aromatic rings. The van der Waals surface area contributed by atoms with Gasteiger partial charge in [0.05, 0.1) is 11.3 Å². The van der Waals surface area contributed by atoms with Crippen LogP contribution in [0.25, 0.3) is 11.3 Å². The molecule has 0 atom stereocenters. The number of ether oxygens (including phenoxy) is 1. The van der Waals surface area contributed by atoms with Crippen LogP contribution in [-0.4, -0.2) is 39.7 Å². The largest absolute Gasteiger partial charge is 0.444 e. The lowest BCUT2D eigenvalue weighted by molar-refractivity contribution is -0.137. The van der Waals surface area contributed by atoms with Crippen molar-refractivity contribution in [2.45, 2.75) is 51.3 Å². The van der Waals surface area contributed by atoms with Crippen molar-refractivity contribution >= 4 is 6.09 Å². The van der Waals surface area contributed by atoms with Crippen LogP contribution < -0.4 is 0 Å². The summed E-state index contributed by atoms with van der Waals surface area (Å²) in [5, 5.41) is 0. The zero-order chi connectivity index (χ0) is 20.5. The standard InChI is InChI=1S/C20H24F3N3O2/c1-19(2,3)28-18(27)26-9-7-13(8-10-26)17-24-12-16(25-17)14-5-4-6-15(11-14)20(21,22)23/h4-6,11-13H,7-10H2,1-3H3,(H,24,25). The molecular formula is C20H24F3N3O2. The van der Waals surface area contributed by atoms with E-state index in [1.165, 1.54) is 6.07 Å². The second-order valence-electron chi connectivity index (χ2n) is 7.99. The predicted octanol–water partition coefficient (Wildman–Crippen LogP) is 5.21. The number of benzene rings is 1. The number of alkyl halides is 3. The number of nitrogens with zero attached hydrogens (tertiary/aromatic N) is 2. The van der Waals surface area contributed by atoms with Gasteiger partial charge in [0.25, 0.3) is 0 Å². The number of halogens is 3. The molecule has 0 radical (unpaired) electrons. The van der Waals surface area contributed by atoms with Crippen molar-refractivity contribution in [1.82, 2.24) is 14.9 Å². The van der Waals surface area contributed by atoms with E-state index >= 15 is 0 Å². The summed E-state index contributed by atoms with van der Waals surface area (Å²) < 4.78 is 44.1. The number of carbonyl (C=O) groups is 1. The first-order valence-electron chi connectivity index (χ1n) is 9.24. The van der Waals surface area contributed by atoms with E-state index in [2.05, 4.69) is 9.97 Å². The molecule has 1 saturated heterocycles. The number of nitrogens with one attached hydrogen (secondary N) is 1. The van der Waals surface area contributed by atoms with E-state index in [1.54, 1.807) is 17.2 Å². The molecule has 0 unspecified atom stereocenters. The number of carbonyl (C=O) groups excluding carboxylic acids is 1. The lowest BCUT2D eigenvalue weighted by atomic mass is 9.96. The van der Waals surface area contributed by atoms with Gasteiger partial charge in [-0.05, 0) is 45.7 Å². The van der Waals surface area contributed by atoms with Gasteiger partial charge in [0.15, 0.2) is 0 Å². The Bertz CT molecular complexity index is 832. The van der Waals surface area contributed by atoms with Crippen molar-refractivity contribution in [3.05, 3.63) is 41.9 Å². The Labute approximate surface area is 161 Å². The van der Waals surface area contributed by atoms with E-state index in [0.29, 0.717) is 24.3 Å². The molecule has 5 nitrogen and oxygen atoms in total. The lowest BCUT2D eigenvalue weighted by Crippen LogP contribution is -2.41. The maximum Gasteiger partial charge on any atom is 0.416 e. The molecule has 3 rings (SSSR count). The zero-order valence-electron chi connectivity index (χ0n) is 16.1. The molecule has 2 heterocycles. The van der Waals surface area contributed by atoms with Crippen molar-refractivity contribution < 1.29 is 22.7 Å². The molecular weight excluding hydrogens is 371 g/mol. The topological polar surface area (TPSA) is 58.2 Å². The quantitative estimate of drug-likeness (QED) is 0.759. The van der Waals surface area contributed by atoms with E-state index < -0.39 is 17.3 Å². The molecule has 1 amide bonds. The van der Waals surface area contributed by atoms with Crippen molar-refractivity contribution in [3.8, 4) is 11.3 Å². The summed E-state index contributed by atoms with van der Waals surface area (Å²) in [6.07, 6.45) is -1.65. The third kappa shape index (κ3) is 4.85. The summed E-state index contributed by atoms with van der Waals surface area (Å²) in [6, 6.07) is 5.14. The Balaban J connectivity index is 1.65. The summed E-state index contributed by atoms with van der Waals surface area (Å²) in [5.74, 6) is 0.856. The number of aromatic amines is 1. The van der Waals surface area contributed by atoms with Crippen LogP contribution in [0.2, 0.25) is 0 Å². The first kappa shape index (κ1) is 20.2. The van der Waals surface area contributed by atoms with Crippen LogP contribution in [-0.2, 0) is 10.9 Å². The average Bonchev–Trinajstić information content (AvgIpc) is 3.10. The van der Waals surface area contributed by atoms with Gasteiger partial charge in [-0.3, -0.25) is 0 Å². The maximum atomic E-state index is 12.9. The molecule has 0 bridgehead atoms. The van der Waals surface area contributed by atoms with E-state index in [0.717, 1.165) is 30.8 Å². The van der Waals surface area contributed by atoms with Crippen LogP contribution in [0.5, 0.6) is 0 Å². The fourth-order valence-electron chi connectivity index (χ4n) is 3.21. The number of imidazole rings is 1. The number of H-pyrrole nitrogens is 1. The molecule has 1 aromatic heterocycles. The predicted molar refractivity (Wildman–Crippen MR) is 98.8 cm³/mol. The number of hydrogen-bond donors (Lipinski definition) is 1. The zero-order valence-corrected chi connectivity index (χ0v) is 16.1. The molecule has 0 saturated carbocycles. The monoisotopic (exact) mass is 395 g/mol. The van der Waals surface area contributed by atoms with Crippen molar-refractivity contribution in [2.75, 3.05) is 13.1 Å². The molecule has 0 spiro atoms. The molecule has 152 valence electrons. The third-order valence-electron chi connectivity index (χ3n) is 4.62. The van der Waals surface area contributed by atoms with Crippen LogP contribution in [0.1, 0.15) is 50.9 Å².